The Labute approximate surface area is 351 Å². The molecule has 0 spiro atoms. The summed E-state index contributed by atoms with van der Waals surface area (Å²) in [4.78, 5) is 37.7. The first-order chi connectivity index (χ1) is 28.0. The van der Waals surface area contributed by atoms with E-state index in [0.717, 1.165) is 141 Å². The van der Waals surface area contributed by atoms with Crippen LogP contribution in [0.15, 0.2) is 72.9 Å². The van der Waals surface area contributed by atoms with Crippen LogP contribution in [0.3, 0.4) is 0 Å². The van der Waals surface area contributed by atoms with Gasteiger partial charge in [0.05, 0.1) is 0 Å². The molecule has 0 amide bonds. The third kappa shape index (κ3) is 43.8. The van der Waals surface area contributed by atoms with Crippen molar-refractivity contribution in [1.82, 2.24) is 0 Å². The Hall–Kier alpha value is -3.15. The van der Waals surface area contributed by atoms with Crippen LogP contribution >= 0.6 is 0 Å². The SMILES string of the molecule is CCC=CCC=CCC=CCCCCCCCC(=O)OCC(COC(=O)CCCCCCCC=CCC)OC(=O)CCCCCCCC=CCC=CCCCCC. The van der Waals surface area contributed by atoms with Gasteiger partial charge in [-0.3, -0.25) is 14.4 Å². The van der Waals surface area contributed by atoms with Crippen molar-refractivity contribution in [2.45, 2.75) is 219 Å². The predicted octanol–water partition coefficient (Wildman–Crippen LogP) is 15.1. The number of carbonyl (C=O) groups is 3. The highest BCUT2D eigenvalue weighted by molar-refractivity contribution is 5.71. The molecule has 57 heavy (non-hydrogen) atoms. The fourth-order valence-corrected chi connectivity index (χ4v) is 6.19. The number of rotatable bonds is 41. The molecular weight excluding hydrogens is 709 g/mol. The van der Waals surface area contributed by atoms with Crippen molar-refractivity contribution >= 4 is 17.9 Å². The van der Waals surface area contributed by atoms with E-state index in [2.05, 4.69) is 93.7 Å². The number of hydrogen-bond acceptors (Lipinski definition) is 6. The fourth-order valence-electron chi connectivity index (χ4n) is 6.19. The maximum absolute atomic E-state index is 12.7. The van der Waals surface area contributed by atoms with E-state index in [0.29, 0.717) is 19.3 Å². The molecule has 0 aliphatic carbocycles. The molecule has 0 aromatic heterocycles. The van der Waals surface area contributed by atoms with Gasteiger partial charge in [0, 0.05) is 19.3 Å². The lowest BCUT2D eigenvalue weighted by Crippen LogP contribution is -2.30. The molecule has 0 aromatic rings. The van der Waals surface area contributed by atoms with E-state index in [9.17, 15) is 14.4 Å². The molecule has 6 heteroatoms. The summed E-state index contributed by atoms with van der Waals surface area (Å²) in [5.41, 5.74) is 0. The first-order valence-electron chi connectivity index (χ1n) is 23.4. The molecule has 1 unspecified atom stereocenters. The molecular formula is C51H86O6. The van der Waals surface area contributed by atoms with Crippen LogP contribution in [0, 0.1) is 0 Å². The molecule has 326 valence electrons. The topological polar surface area (TPSA) is 78.9 Å². The third-order valence-electron chi connectivity index (χ3n) is 9.68. The minimum absolute atomic E-state index is 0.0924. The second-order valence-electron chi connectivity index (χ2n) is 15.2. The zero-order valence-corrected chi connectivity index (χ0v) is 37.1. The van der Waals surface area contributed by atoms with Crippen LogP contribution in [-0.2, 0) is 28.6 Å². The quantitative estimate of drug-likeness (QED) is 0.0265. The van der Waals surface area contributed by atoms with Crippen molar-refractivity contribution in [2.24, 2.45) is 0 Å². The van der Waals surface area contributed by atoms with E-state index in [1.165, 1.54) is 32.1 Å². The lowest BCUT2D eigenvalue weighted by atomic mass is 10.1. The molecule has 0 aliphatic heterocycles. The van der Waals surface area contributed by atoms with Crippen LogP contribution in [0.4, 0.5) is 0 Å². The Balaban J connectivity index is 4.42. The molecule has 0 fully saturated rings. The monoisotopic (exact) mass is 795 g/mol. The highest BCUT2D eigenvalue weighted by Crippen LogP contribution is 2.13. The van der Waals surface area contributed by atoms with Crippen molar-refractivity contribution in [3.63, 3.8) is 0 Å². The lowest BCUT2D eigenvalue weighted by Gasteiger charge is -2.18. The first-order valence-corrected chi connectivity index (χ1v) is 23.4. The van der Waals surface area contributed by atoms with Gasteiger partial charge in [0.1, 0.15) is 13.2 Å². The van der Waals surface area contributed by atoms with Gasteiger partial charge in [-0.15, -0.1) is 0 Å². The van der Waals surface area contributed by atoms with Crippen molar-refractivity contribution < 1.29 is 28.6 Å². The molecule has 0 radical (unpaired) electrons. The Morgan fingerprint density at radius 3 is 1.11 bits per heavy atom. The minimum Gasteiger partial charge on any atom is -0.462 e. The van der Waals surface area contributed by atoms with Gasteiger partial charge in [0.25, 0.3) is 0 Å². The summed E-state index contributed by atoms with van der Waals surface area (Å²) in [5, 5.41) is 0. The van der Waals surface area contributed by atoms with E-state index < -0.39 is 6.10 Å². The number of hydrogen-bond donors (Lipinski definition) is 0. The standard InChI is InChI=1S/C51H86O6/c1-4-7-10-13-16-19-21-23-25-27-29-32-35-38-41-44-50(53)56-47-48(46-55-49(52)43-40-37-34-31-18-15-12-9-6-3)57-51(54)45-42-39-36-33-30-28-26-24-22-20-17-14-11-8-5-2/h7,9-10,12,16-17,19-20,23-26,48H,4-6,8,11,13-15,18,21-22,27-47H2,1-3H3. The van der Waals surface area contributed by atoms with E-state index in [-0.39, 0.29) is 31.1 Å². The molecule has 0 saturated heterocycles. The maximum Gasteiger partial charge on any atom is 0.306 e. The Bertz CT molecular complexity index is 1100. The zero-order chi connectivity index (χ0) is 41.5. The van der Waals surface area contributed by atoms with Gasteiger partial charge in [-0.25, -0.2) is 0 Å². The summed E-state index contributed by atoms with van der Waals surface area (Å²) >= 11 is 0. The molecule has 0 aromatic carbocycles. The van der Waals surface area contributed by atoms with Crippen molar-refractivity contribution in [2.75, 3.05) is 13.2 Å². The largest absolute Gasteiger partial charge is 0.462 e. The number of esters is 3. The highest BCUT2D eigenvalue weighted by Gasteiger charge is 2.19. The van der Waals surface area contributed by atoms with Gasteiger partial charge >= 0.3 is 17.9 Å². The summed E-state index contributed by atoms with van der Waals surface area (Å²) < 4.78 is 16.7. The minimum atomic E-state index is -0.791. The normalized spacial score (nSPS) is 12.7. The highest BCUT2D eigenvalue weighted by atomic mass is 16.6. The lowest BCUT2D eigenvalue weighted by molar-refractivity contribution is -0.167. The van der Waals surface area contributed by atoms with Crippen LogP contribution in [0.25, 0.3) is 0 Å². The number of unbranched alkanes of at least 4 members (excludes halogenated alkanes) is 18. The second-order valence-corrected chi connectivity index (χ2v) is 15.2. The smallest absolute Gasteiger partial charge is 0.306 e. The summed E-state index contributed by atoms with van der Waals surface area (Å²) in [6, 6.07) is 0. The van der Waals surface area contributed by atoms with Crippen LogP contribution in [0.1, 0.15) is 213 Å². The molecule has 0 N–H and O–H groups in total. The number of allylic oxidation sites excluding steroid dienone is 12. The third-order valence-corrected chi connectivity index (χ3v) is 9.68. The Kier molecular flexibility index (Phi) is 43.0. The maximum atomic E-state index is 12.7. The Morgan fingerprint density at radius 2 is 0.684 bits per heavy atom. The van der Waals surface area contributed by atoms with Gasteiger partial charge in [0.2, 0.25) is 0 Å². The number of ether oxygens (including phenoxy) is 3. The summed E-state index contributed by atoms with van der Waals surface area (Å²) in [5.74, 6) is -0.940. The summed E-state index contributed by atoms with van der Waals surface area (Å²) in [6.07, 6.45) is 56.0. The average molecular weight is 795 g/mol. The van der Waals surface area contributed by atoms with Gasteiger partial charge in [-0.2, -0.15) is 0 Å². The average Bonchev–Trinajstić information content (AvgIpc) is 3.21. The van der Waals surface area contributed by atoms with Gasteiger partial charge in [-0.05, 0) is 103 Å². The van der Waals surface area contributed by atoms with E-state index in [1.807, 2.05) is 0 Å². The van der Waals surface area contributed by atoms with Gasteiger partial charge < -0.3 is 14.2 Å². The van der Waals surface area contributed by atoms with Crippen molar-refractivity contribution in [3.05, 3.63) is 72.9 Å². The molecule has 6 nitrogen and oxygen atoms in total. The second kappa shape index (κ2) is 45.6. The molecule has 0 rings (SSSR count). The zero-order valence-electron chi connectivity index (χ0n) is 37.1. The molecule has 0 aliphatic rings. The van der Waals surface area contributed by atoms with Crippen molar-refractivity contribution in [3.8, 4) is 0 Å². The number of carbonyl (C=O) groups excluding carboxylic acids is 3. The summed E-state index contributed by atoms with van der Waals surface area (Å²) in [7, 11) is 0. The van der Waals surface area contributed by atoms with Crippen molar-refractivity contribution in [1.29, 1.82) is 0 Å². The van der Waals surface area contributed by atoms with Crippen LogP contribution in [0.5, 0.6) is 0 Å². The van der Waals surface area contributed by atoms with E-state index in [1.54, 1.807) is 0 Å². The van der Waals surface area contributed by atoms with E-state index in [4.69, 9.17) is 14.2 Å². The molecule has 0 saturated carbocycles. The molecule has 0 heterocycles. The fraction of sp³-hybridized carbons (Fsp3) is 0.706. The van der Waals surface area contributed by atoms with Gasteiger partial charge in [-0.1, -0.05) is 164 Å². The first kappa shape index (κ1) is 53.9. The predicted molar refractivity (Wildman–Crippen MR) is 242 cm³/mol. The van der Waals surface area contributed by atoms with Crippen LogP contribution in [-0.4, -0.2) is 37.2 Å². The van der Waals surface area contributed by atoms with E-state index >= 15 is 0 Å². The van der Waals surface area contributed by atoms with Gasteiger partial charge in [0.15, 0.2) is 6.10 Å². The molecule has 0 bridgehead atoms. The molecule has 1 atom stereocenters. The Morgan fingerprint density at radius 1 is 0.368 bits per heavy atom. The van der Waals surface area contributed by atoms with Crippen LogP contribution in [0.2, 0.25) is 0 Å². The van der Waals surface area contributed by atoms with Crippen LogP contribution < -0.4 is 0 Å². The summed E-state index contributed by atoms with van der Waals surface area (Å²) in [6.45, 7) is 6.34.